The number of rotatable bonds is 5. The second-order valence-electron chi connectivity index (χ2n) is 5.52. The number of amides is 1. The van der Waals surface area contributed by atoms with Crippen molar-refractivity contribution in [1.29, 1.82) is 0 Å². The Kier molecular flexibility index (Phi) is 4.99. The molecular formula is C19H17FN4O. The van der Waals surface area contributed by atoms with Crippen LogP contribution in [0.25, 0.3) is 0 Å². The standard InChI is InChI=1S/C19H17FN4O/c1-13(14-5-3-2-4-6-14)23-18-12-21-17(11-22-18)19(25)24-16-9-7-15(20)8-10-16/h2-13H,1H3,(H,22,23)(H,24,25). The van der Waals surface area contributed by atoms with Gasteiger partial charge >= 0.3 is 0 Å². The highest BCUT2D eigenvalue weighted by Crippen LogP contribution is 2.17. The summed E-state index contributed by atoms with van der Waals surface area (Å²) < 4.78 is 12.9. The van der Waals surface area contributed by atoms with E-state index in [0.717, 1.165) is 5.56 Å². The summed E-state index contributed by atoms with van der Waals surface area (Å²) in [5.41, 5.74) is 1.80. The summed E-state index contributed by atoms with van der Waals surface area (Å²) >= 11 is 0. The minimum atomic E-state index is -0.401. The van der Waals surface area contributed by atoms with Crippen LogP contribution in [0, 0.1) is 5.82 Å². The van der Waals surface area contributed by atoms with Crippen LogP contribution in [0.4, 0.5) is 15.9 Å². The van der Waals surface area contributed by atoms with Crippen molar-refractivity contribution in [3.05, 3.63) is 84.1 Å². The van der Waals surface area contributed by atoms with Crippen molar-refractivity contribution >= 4 is 17.4 Å². The molecule has 0 fully saturated rings. The van der Waals surface area contributed by atoms with Gasteiger partial charge in [-0.25, -0.2) is 14.4 Å². The van der Waals surface area contributed by atoms with E-state index in [1.807, 2.05) is 37.3 Å². The molecule has 3 aromatic rings. The van der Waals surface area contributed by atoms with Crippen LogP contribution in [0.1, 0.15) is 29.0 Å². The van der Waals surface area contributed by atoms with E-state index >= 15 is 0 Å². The average molecular weight is 336 g/mol. The minimum absolute atomic E-state index is 0.0643. The molecule has 0 aliphatic carbocycles. The molecule has 0 spiro atoms. The van der Waals surface area contributed by atoms with E-state index in [1.165, 1.54) is 36.7 Å². The van der Waals surface area contributed by atoms with Gasteiger partial charge in [-0.1, -0.05) is 30.3 Å². The number of carbonyl (C=O) groups excluding carboxylic acids is 1. The molecule has 1 atom stereocenters. The van der Waals surface area contributed by atoms with Crippen LogP contribution in [0.2, 0.25) is 0 Å². The van der Waals surface area contributed by atoms with Crippen LogP contribution < -0.4 is 10.6 Å². The smallest absolute Gasteiger partial charge is 0.275 e. The number of aromatic nitrogens is 2. The average Bonchev–Trinajstić information content (AvgIpc) is 2.65. The van der Waals surface area contributed by atoms with E-state index in [2.05, 4.69) is 20.6 Å². The topological polar surface area (TPSA) is 66.9 Å². The fourth-order valence-corrected chi connectivity index (χ4v) is 2.30. The quantitative estimate of drug-likeness (QED) is 0.738. The summed E-state index contributed by atoms with van der Waals surface area (Å²) in [7, 11) is 0. The van der Waals surface area contributed by atoms with E-state index in [1.54, 1.807) is 0 Å². The molecule has 0 aliphatic rings. The maximum Gasteiger partial charge on any atom is 0.275 e. The van der Waals surface area contributed by atoms with Crippen molar-refractivity contribution < 1.29 is 9.18 Å². The number of anilines is 2. The number of hydrogen-bond donors (Lipinski definition) is 2. The first-order valence-electron chi connectivity index (χ1n) is 7.82. The van der Waals surface area contributed by atoms with Crippen LogP contribution in [0.3, 0.4) is 0 Å². The minimum Gasteiger partial charge on any atom is -0.362 e. The van der Waals surface area contributed by atoms with Gasteiger partial charge in [0.2, 0.25) is 0 Å². The molecule has 0 saturated heterocycles. The molecule has 1 amide bonds. The molecule has 2 N–H and O–H groups in total. The zero-order valence-electron chi connectivity index (χ0n) is 13.6. The van der Waals surface area contributed by atoms with Gasteiger partial charge in [-0.15, -0.1) is 0 Å². The van der Waals surface area contributed by atoms with Crippen molar-refractivity contribution in [2.24, 2.45) is 0 Å². The molecule has 5 nitrogen and oxygen atoms in total. The first kappa shape index (κ1) is 16.6. The summed E-state index contributed by atoms with van der Waals surface area (Å²) in [6.07, 6.45) is 2.91. The fourth-order valence-electron chi connectivity index (χ4n) is 2.30. The lowest BCUT2D eigenvalue weighted by atomic mass is 10.1. The van der Waals surface area contributed by atoms with Gasteiger partial charge in [0.1, 0.15) is 17.3 Å². The summed E-state index contributed by atoms with van der Waals surface area (Å²) in [6, 6.07) is 15.5. The molecule has 2 aromatic carbocycles. The molecule has 0 bridgehead atoms. The van der Waals surface area contributed by atoms with Gasteiger partial charge < -0.3 is 10.6 Å². The first-order valence-corrected chi connectivity index (χ1v) is 7.82. The number of halogens is 1. The molecule has 6 heteroatoms. The Morgan fingerprint density at radius 2 is 1.72 bits per heavy atom. The Balaban J connectivity index is 1.63. The highest BCUT2D eigenvalue weighted by atomic mass is 19.1. The molecule has 126 valence electrons. The molecule has 1 heterocycles. The van der Waals surface area contributed by atoms with Gasteiger partial charge in [0.15, 0.2) is 0 Å². The summed E-state index contributed by atoms with van der Waals surface area (Å²) in [5.74, 6) is -0.183. The second kappa shape index (κ2) is 7.53. The monoisotopic (exact) mass is 336 g/mol. The highest BCUT2D eigenvalue weighted by Gasteiger charge is 2.10. The number of hydrogen-bond acceptors (Lipinski definition) is 4. The van der Waals surface area contributed by atoms with Crippen LogP contribution >= 0.6 is 0 Å². The normalized spacial score (nSPS) is 11.6. The third-order valence-corrected chi connectivity index (χ3v) is 3.65. The SMILES string of the molecule is CC(Nc1cnc(C(=O)Nc2ccc(F)cc2)cn1)c1ccccc1. The molecule has 1 aromatic heterocycles. The van der Waals surface area contributed by atoms with Crippen molar-refractivity contribution in [3.63, 3.8) is 0 Å². The van der Waals surface area contributed by atoms with Gasteiger partial charge in [0.05, 0.1) is 12.4 Å². The van der Waals surface area contributed by atoms with E-state index in [-0.39, 0.29) is 17.6 Å². The molecule has 0 radical (unpaired) electrons. The zero-order chi connectivity index (χ0) is 17.6. The molecule has 0 aliphatic heterocycles. The summed E-state index contributed by atoms with van der Waals surface area (Å²) in [6.45, 7) is 2.02. The van der Waals surface area contributed by atoms with Crippen molar-refractivity contribution in [1.82, 2.24) is 9.97 Å². The van der Waals surface area contributed by atoms with Crippen LogP contribution in [-0.4, -0.2) is 15.9 Å². The lowest BCUT2D eigenvalue weighted by Gasteiger charge is -2.14. The van der Waals surface area contributed by atoms with Crippen LogP contribution in [0.5, 0.6) is 0 Å². The fraction of sp³-hybridized carbons (Fsp3) is 0.105. The van der Waals surface area contributed by atoms with E-state index in [0.29, 0.717) is 11.5 Å². The molecule has 25 heavy (non-hydrogen) atoms. The largest absolute Gasteiger partial charge is 0.362 e. The van der Waals surface area contributed by atoms with E-state index in [9.17, 15) is 9.18 Å². The van der Waals surface area contributed by atoms with E-state index in [4.69, 9.17) is 0 Å². The maximum absolute atomic E-state index is 12.9. The Labute approximate surface area is 145 Å². The Bertz CT molecular complexity index is 836. The number of benzene rings is 2. The third-order valence-electron chi connectivity index (χ3n) is 3.65. The van der Waals surface area contributed by atoms with Crippen molar-refractivity contribution in [2.75, 3.05) is 10.6 Å². The predicted molar refractivity (Wildman–Crippen MR) is 94.9 cm³/mol. The van der Waals surface area contributed by atoms with Crippen LogP contribution in [0.15, 0.2) is 67.0 Å². The van der Waals surface area contributed by atoms with Crippen LogP contribution in [-0.2, 0) is 0 Å². The molecule has 1 unspecified atom stereocenters. The third kappa shape index (κ3) is 4.38. The van der Waals surface area contributed by atoms with Gasteiger partial charge in [-0.05, 0) is 36.8 Å². The van der Waals surface area contributed by atoms with Gasteiger partial charge in [-0.2, -0.15) is 0 Å². The van der Waals surface area contributed by atoms with Crippen molar-refractivity contribution in [3.8, 4) is 0 Å². The zero-order valence-corrected chi connectivity index (χ0v) is 13.6. The van der Waals surface area contributed by atoms with Gasteiger partial charge in [-0.3, -0.25) is 4.79 Å². The Morgan fingerprint density at radius 1 is 1.00 bits per heavy atom. The lowest BCUT2D eigenvalue weighted by Crippen LogP contribution is -2.15. The predicted octanol–water partition coefficient (Wildman–Crippen LogP) is 4.04. The highest BCUT2D eigenvalue weighted by molar-refractivity contribution is 6.02. The first-order chi connectivity index (χ1) is 12.1. The van der Waals surface area contributed by atoms with Gasteiger partial charge in [0, 0.05) is 11.7 Å². The molecule has 0 saturated carbocycles. The molecule has 3 rings (SSSR count). The Morgan fingerprint density at radius 3 is 2.36 bits per heavy atom. The Hall–Kier alpha value is -3.28. The summed E-state index contributed by atoms with van der Waals surface area (Å²) in [4.78, 5) is 20.5. The summed E-state index contributed by atoms with van der Waals surface area (Å²) in [5, 5.41) is 5.88. The number of nitrogens with zero attached hydrogens (tertiary/aromatic N) is 2. The van der Waals surface area contributed by atoms with E-state index < -0.39 is 5.91 Å². The van der Waals surface area contributed by atoms with Crippen molar-refractivity contribution in [2.45, 2.75) is 13.0 Å². The number of carbonyl (C=O) groups is 1. The maximum atomic E-state index is 12.9. The molecular weight excluding hydrogens is 319 g/mol. The second-order valence-corrected chi connectivity index (χ2v) is 5.52. The lowest BCUT2D eigenvalue weighted by molar-refractivity contribution is 0.102. The van der Waals surface area contributed by atoms with Gasteiger partial charge in [0.25, 0.3) is 5.91 Å². The number of nitrogens with one attached hydrogen (secondary N) is 2.